The monoisotopic (exact) mass is 301 g/mol. The molecule has 0 radical (unpaired) electrons. The molecule has 1 aliphatic rings. The van der Waals surface area contributed by atoms with E-state index in [9.17, 15) is 14.7 Å². The summed E-state index contributed by atoms with van der Waals surface area (Å²) in [7, 11) is 0. The molecule has 1 aromatic heterocycles. The summed E-state index contributed by atoms with van der Waals surface area (Å²) in [6.45, 7) is 2.12. The molecule has 0 unspecified atom stereocenters. The SMILES string of the molecule is C[C@H]1CCCC[C@@H]1NC(=O)c1cc2ccc(O)cc2oc1=O. The van der Waals surface area contributed by atoms with Crippen molar-refractivity contribution in [2.75, 3.05) is 0 Å². The fourth-order valence-electron chi connectivity index (χ4n) is 3.04. The van der Waals surface area contributed by atoms with Gasteiger partial charge in [-0.05, 0) is 37.0 Å². The quantitative estimate of drug-likeness (QED) is 0.836. The molecule has 0 aliphatic heterocycles. The summed E-state index contributed by atoms with van der Waals surface area (Å²) >= 11 is 0. The van der Waals surface area contributed by atoms with Gasteiger partial charge >= 0.3 is 5.63 Å². The molecule has 1 fully saturated rings. The molecule has 116 valence electrons. The molecular weight excluding hydrogens is 282 g/mol. The van der Waals surface area contributed by atoms with E-state index in [1.54, 1.807) is 6.07 Å². The van der Waals surface area contributed by atoms with Crippen LogP contribution in [0.1, 0.15) is 43.0 Å². The molecule has 3 rings (SSSR count). The number of amides is 1. The second-order valence-corrected chi connectivity index (χ2v) is 6.01. The molecule has 1 aliphatic carbocycles. The number of benzene rings is 1. The third-order valence-corrected chi connectivity index (χ3v) is 4.39. The Morgan fingerprint density at radius 2 is 2.05 bits per heavy atom. The fraction of sp³-hybridized carbons (Fsp3) is 0.412. The Kier molecular flexibility index (Phi) is 3.88. The van der Waals surface area contributed by atoms with Crippen LogP contribution in [0.25, 0.3) is 11.0 Å². The van der Waals surface area contributed by atoms with Crippen LogP contribution in [0.2, 0.25) is 0 Å². The highest BCUT2D eigenvalue weighted by Crippen LogP contribution is 2.24. The Bertz CT molecular complexity index is 765. The number of hydrogen-bond donors (Lipinski definition) is 2. The second-order valence-electron chi connectivity index (χ2n) is 6.01. The van der Waals surface area contributed by atoms with Crippen molar-refractivity contribution in [1.82, 2.24) is 5.32 Å². The molecule has 2 aromatic rings. The molecule has 5 nitrogen and oxygen atoms in total. The number of phenolic OH excluding ortho intramolecular Hbond substituents is 1. The van der Waals surface area contributed by atoms with Crippen molar-refractivity contribution in [3.63, 3.8) is 0 Å². The number of rotatable bonds is 2. The van der Waals surface area contributed by atoms with Gasteiger partial charge in [-0.1, -0.05) is 19.8 Å². The first-order valence-corrected chi connectivity index (χ1v) is 7.62. The summed E-state index contributed by atoms with van der Waals surface area (Å²) in [6.07, 6.45) is 4.33. The number of fused-ring (bicyclic) bond motifs is 1. The van der Waals surface area contributed by atoms with Crippen LogP contribution >= 0.6 is 0 Å². The van der Waals surface area contributed by atoms with E-state index in [0.29, 0.717) is 11.3 Å². The zero-order chi connectivity index (χ0) is 15.7. The van der Waals surface area contributed by atoms with Crippen LogP contribution in [0, 0.1) is 5.92 Å². The molecule has 1 saturated carbocycles. The van der Waals surface area contributed by atoms with E-state index in [1.807, 2.05) is 0 Å². The standard InChI is InChI=1S/C17H19NO4/c1-10-4-2-3-5-14(10)18-16(20)13-8-11-6-7-12(19)9-15(11)22-17(13)21/h6-10,14,19H,2-5H2,1H3,(H,18,20)/t10-,14-/m0/s1. The lowest BCUT2D eigenvalue weighted by atomic mass is 9.86. The van der Waals surface area contributed by atoms with Gasteiger partial charge in [0, 0.05) is 17.5 Å². The highest BCUT2D eigenvalue weighted by Gasteiger charge is 2.24. The Morgan fingerprint density at radius 1 is 1.27 bits per heavy atom. The zero-order valence-corrected chi connectivity index (χ0v) is 12.5. The van der Waals surface area contributed by atoms with Gasteiger partial charge in [0.25, 0.3) is 5.91 Å². The summed E-state index contributed by atoms with van der Waals surface area (Å²) in [5.74, 6) is 0.0495. The lowest BCUT2D eigenvalue weighted by molar-refractivity contribution is 0.0906. The average molecular weight is 301 g/mol. The summed E-state index contributed by atoms with van der Waals surface area (Å²) < 4.78 is 5.13. The Morgan fingerprint density at radius 3 is 2.82 bits per heavy atom. The third-order valence-electron chi connectivity index (χ3n) is 4.39. The molecular formula is C17H19NO4. The third kappa shape index (κ3) is 2.84. The maximum Gasteiger partial charge on any atom is 0.349 e. The lowest BCUT2D eigenvalue weighted by Gasteiger charge is -2.29. The summed E-state index contributed by atoms with van der Waals surface area (Å²) in [4.78, 5) is 24.4. The van der Waals surface area contributed by atoms with Gasteiger partial charge in [-0.25, -0.2) is 4.79 Å². The molecule has 22 heavy (non-hydrogen) atoms. The number of aromatic hydroxyl groups is 1. The van der Waals surface area contributed by atoms with E-state index in [2.05, 4.69) is 12.2 Å². The normalized spacial score (nSPS) is 21.7. The van der Waals surface area contributed by atoms with Crippen molar-refractivity contribution in [1.29, 1.82) is 0 Å². The van der Waals surface area contributed by atoms with E-state index in [4.69, 9.17) is 4.42 Å². The maximum atomic E-state index is 12.4. The Labute approximate surface area is 127 Å². The first kappa shape index (κ1) is 14.6. The van der Waals surface area contributed by atoms with Crippen LogP contribution in [0.4, 0.5) is 0 Å². The van der Waals surface area contributed by atoms with Gasteiger partial charge in [0.15, 0.2) is 0 Å². The minimum atomic E-state index is -0.681. The molecule has 2 N–H and O–H groups in total. The fourth-order valence-corrected chi connectivity index (χ4v) is 3.04. The topological polar surface area (TPSA) is 79.5 Å². The van der Waals surface area contributed by atoms with Crippen molar-refractivity contribution < 1.29 is 14.3 Å². The largest absolute Gasteiger partial charge is 0.508 e. The minimum Gasteiger partial charge on any atom is -0.508 e. The first-order chi connectivity index (χ1) is 10.5. The van der Waals surface area contributed by atoms with Crippen molar-refractivity contribution >= 4 is 16.9 Å². The van der Waals surface area contributed by atoms with Crippen molar-refractivity contribution in [2.24, 2.45) is 5.92 Å². The van der Waals surface area contributed by atoms with Gasteiger partial charge in [0.1, 0.15) is 16.9 Å². The average Bonchev–Trinajstić information content (AvgIpc) is 2.48. The predicted octanol–water partition coefficient (Wildman–Crippen LogP) is 2.81. The predicted molar refractivity (Wildman–Crippen MR) is 83.0 cm³/mol. The van der Waals surface area contributed by atoms with Crippen LogP contribution < -0.4 is 10.9 Å². The molecule has 1 aromatic carbocycles. The van der Waals surface area contributed by atoms with E-state index >= 15 is 0 Å². The number of phenols is 1. The number of hydrogen-bond acceptors (Lipinski definition) is 4. The van der Waals surface area contributed by atoms with Crippen molar-refractivity contribution in [2.45, 2.75) is 38.6 Å². The van der Waals surface area contributed by atoms with Crippen LogP contribution in [0.5, 0.6) is 5.75 Å². The number of carbonyl (C=O) groups is 1. The van der Waals surface area contributed by atoms with E-state index in [0.717, 1.165) is 19.3 Å². The maximum absolute atomic E-state index is 12.4. The molecule has 0 saturated heterocycles. The summed E-state index contributed by atoms with van der Waals surface area (Å²) in [5.41, 5.74) is -0.400. The van der Waals surface area contributed by atoms with Gasteiger partial charge in [-0.3, -0.25) is 4.79 Å². The Balaban J connectivity index is 1.88. The number of nitrogens with one attached hydrogen (secondary N) is 1. The summed E-state index contributed by atoms with van der Waals surface area (Å²) in [6, 6.07) is 6.10. The van der Waals surface area contributed by atoms with E-state index in [1.165, 1.54) is 24.6 Å². The first-order valence-electron chi connectivity index (χ1n) is 7.62. The van der Waals surface area contributed by atoms with Crippen molar-refractivity contribution in [3.8, 4) is 5.75 Å². The van der Waals surface area contributed by atoms with Gasteiger partial charge in [-0.2, -0.15) is 0 Å². The second kappa shape index (κ2) is 5.83. The van der Waals surface area contributed by atoms with Gasteiger partial charge in [-0.15, -0.1) is 0 Å². The minimum absolute atomic E-state index is 0.0102. The van der Waals surface area contributed by atoms with Gasteiger partial charge in [0.2, 0.25) is 0 Å². The molecule has 2 atom stereocenters. The highest BCUT2D eigenvalue weighted by molar-refractivity contribution is 5.96. The van der Waals surface area contributed by atoms with Gasteiger partial charge in [0.05, 0.1) is 0 Å². The molecule has 0 spiro atoms. The van der Waals surface area contributed by atoms with Crippen molar-refractivity contribution in [3.05, 3.63) is 40.2 Å². The summed E-state index contributed by atoms with van der Waals surface area (Å²) in [5, 5.41) is 13.0. The zero-order valence-electron chi connectivity index (χ0n) is 12.5. The van der Waals surface area contributed by atoms with Crippen LogP contribution in [-0.4, -0.2) is 17.1 Å². The Hall–Kier alpha value is -2.30. The number of carbonyl (C=O) groups excluding carboxylic acids is 1. The molecule has 5 heteroatoms. The van der Waals surface area contributed by atoms with Crippen LogP contribution in [-0.2, 0) is 0 Å². The smallest absolute Gasteiger partial charge is 0.349 e. The van der Waals surface area contributed by atoms with E-state index < -0.39 is 5.63 Å². The molecule has 1 amide bonds. The molecule has 0 bridgehead atoms. The van der Waals surface area contributed by atoms with Crippen LogP contribution in [0.15, 0.2) is 33.5 Å². The lowest BCUT2D eigenvalue weighted by Crippen LogP contribution is -2.42. The van der Waals surface area contributed by atoms with Crippen LogP contribution in [0.3, 0.4) is 0 Å². The molecule has 1 heterocycles. The van der Waals surface area contributed by atoms with E-state index in [-0.39, 0.29) is 28.8 Å². The van der Waals surface area contributed by atoms with Gasteiger partial charge < -0.3 is 14.8 Å². The highest BCUT2D eigenvalue weighted by atomic mass is 16.4.